The predicted molar refractivity (Wildman–Crippen MR) is 81.0 cm³/mol. The fourth-order valence-corrected chi connectivity index (χ4v) is 2.90. The molecule has 0 radical (unpaired) electrons. The Morgan fingerprint density at radius 1 is 1.26 bits per heavy atom. The third-order valence-corrected chi connectivity index (χ3v) is 4.44. The van der Waals surface area contributed by atoms with Crippen molar-refractivity contribution in [1.29, 1.82) is 0 Å². The summed E-state index contributed by atoms with van der Waals surface area (Å²) in [6.07, 6.45) is -2.37. The van der Waals surface area contributed by atoms with E-state index < -0.39 is 12.0 Å². The molecule has 0 spiro atoms. The number of alkyl halides is 3. The molecule has 1 aromatic heterocycles. The lowest BCUT2D eigenvalue weighted by Gasteiger charge is -2.10. The van der Waals surface area contributed by atoms with Gasteiger partial charge < -0.3 is 5.32 Å². The van der Waals surface area contributed by atoms with Crippen molar-refractivity contribution in [2.75, 3.05) is 12.3 Å². The van der Waals surface area contributed by atoms with E-state index in [1.165, 1.54) is 6.07 Å². The van der Waals surface area contributed by atoms with E-state index in [1.807, 2.05) is 0 Å². The van der Waals surface area contributed by atoms with E-state index in [0.717, 1.165) is 24.6 Å². The number of para-hydroxylation sites is 1. The highest BCUT2D eigenvalue weighted by Crippen LogP contribution is 2.32. The fraction of sp³-hybridized carbons (Fsp3) is 0.400. The topological polar surface area (TPSA) is 54.9 Å². The number of nitrogens with one attached hydrogen (secondary N) is 1. The molecule has 2 aromatic rings. The van der Waals surface area contributed by atoms with Crippen molar-refractivity contribution in [3.8, 4) is 0 Å². The second-order valence-corrected chi connectivity index (χ2v) is 6.37. The van der Waals surface area contributed by atoms with E-state index in [-0.39, 0.29) is 22.2 Å². The first-order chi connectivity index (χ1) is 10.9. The molecule has 1 aromatic carbocycles. The van der Waals surface area contributed by atoms with E-state index >= 15 is 0 Å². The monoisotopic (exact) mass is 341 g/mol. The largest absolute Gasteiger partial charge is 0.451 e. The van der Waals surface area contributed by atoms with Gasteiger partial charge in [-0.05, 0) is 24.8 Å². The highest BCUT2D eigenvalue weighted by atomic mass is 32.2. The second kappa shape index (κ2) is 6.35. The van der Waals surface area contributed by atoms with Crippen molar-refractivity contribution in [2.45, 2.75) is 24.0 Å². The third kappa shape index (κ3) is 4.13. The Balaban J connectivity index is 1.78. The average Bonchev–Trinajstić information content (AvgIpc) is 3.33. The Morgan fingerprint density at radius 3 is 2.70 bits per heavy atom. The van der Waals surface area contributed by atoms with Crippen molar-refractivity contribution in [3.05, 3.63) is 30.1 Å². The van der Waals surface area contributed by atoms with Crippen LogP contribution in [0.25, 0.3) is 10.9 Å². The second-order valence-electron chi connectivity index (χ2n) is 5.40. The molecule has 1 amide bonds. The number of amides is 1. The number of rotatable bonds is 5. The molecule has 122 valence electrons. The number of aromatic nitrogens is 2. The van der Waals surface area contributed by atoms with Gasteiger partial charge in [0.25, 0.3) is 0 Å². The molecule has 1 aliphatic rings. The average molecular weight is 341 g/mol. The molecule has 1 N–H and O–H groups in total. The lowest BCUT2D eigenvalue weighted by atomic mass is 10.2. The van der Waals surface area contributed by atoms with E-state index in [4.69, 9.17) is 0 Å². The molecule has 4 nitrogen and oxygen atoms in total. The summed E-state index contributed by atoms with van der Waals surface area (Å²) in [6, 6.07) is 6.48. The molecular weight excluding hydrogens is 327 g/mol. The predicted octanol–water partition coefficient (Wildman–Crippen LogP) is 3.27. The number of carbonyl (C=O) groups is 1. The zero-order valence-electron chi connectivity index (χ0n) is 12.1. The minimum Gasteiger partial charge on any atom is -0.355 e. The summed E-state index contributed by atoms with van der Waals surface area (Å²) >= 11 is 0.997. The normalized spacial score (nSPS) is 14.9. The van der Waals surface area contributed by atoms with E-state index in [9.17, 15) is 18.0 Å². The van der Waals surface area contributed by atoms with Crippen molar-refractivity contribution < 1.29 is 18.0 Å². The van der Waals surface area contributed by atoms with Crippen LogP contribution in [0.1, 0.15) is 18.7 Å². The van der Waals surface area contributed by atoms with Crippen molar-refractivity contribution in [1.82, 2.24) is 15.3 Å². The zero-order chi connectivity index (χ0) is 16.4. The first kappa shape index (κ1) is 16.0. The molecule has 0 aliphatic heterocycles. The molecule has 0 bridgehead atoms. The molecule has 0 atom stereocenters. The van der Waals surface area contributed by atoms with Crippen molar-refractivity contribution in [2.24, 2.45) is 5.92 Å². The number of benzene rings is 1. The lowest BCUT2D eigenvalue weighted by Crippen LogP contribution is -2.27. The van der Waals surface area contributed by atoms with Crippen LogP contribution in [0.2, 0.25) is 0 Å². The van der Waals surface area contributed by atoms with Gasteiger partial charge in [-0.1, -0.05) is 30.0 Å². The first-order valence-electron chi connectivity index (χ1n) is 7.17. The third-order valence-electron chi connectivity index (χ3n) is 3.45. The number of fused-ring (bicyclic) bond motifs is 1. The van der Waals surface area contributed by atoms with Crippen LogP contribution in [-0.2, 0) is 11.0 Å². The van der Waals surface area contributed by atoms with Crippen LogP contribution in [0.4, 0.5) is 13.2 Å². The molecule has 1 aliphatic carbocycles. The van der Waals surface area contributed by atoms with Gasteiger partial charge in [-0.25, -0.2) is 9.97 Å². The van der Waals surface area contributed by atoms with Crippen LogP contribution in [0.3, 0.4) is 0 Å². The maximum absolute atomic E-state index is 12.9. The van der Waals surface area contributed by atoms with Gasteiger partial charge in [0.2, 0.25) is 11.7 Å². The lowest BCUT2D eigenvalue weighted by molar-refractivity contribution is -0.145. The summed E-state index contributed by atoms with van der Waals surface area (Å²) in [6.45, 7) is 0.637. The van der Waals surface area contributed by atoms with Crippen LogP contribution in [0, 0.1) is 5.92 Å². The Hall–Kier alpha value is -1.83. The van der Waals surface area contributed by atoms with Gasteiger partial charge in [0, 0.05) is 11.9 Å². The number of hydrogen-bond acceptors (Lipinski definition) is 4. The highest BCUT2D eigenvalue weighted by molar-refractivity contribution is 8.00. The Bertz CT molecular complexity index is 731. The van der Waals surface area contributed by atoms with Crippen LogP contribution in [0.5, 0.6) is 0 Å². The summed E-state index contributed by atoms with van der Waals surface area (Å²) in [5.41, 5.74) is 0.218. The standard InChI is InChI=1S/C15H14F3N3OS/c16-15(17,18)14-20-11-4-2-1-3-10(11)13(21-14)23-8-12(22)19-7-9-5-6-9/h1-4,9H,5-8H2,(H,19,22). The van der Waals surface area contributed by atoms with Gasteiger partial charge >= 0.3 is 6.18 Å². The SMILES string of the molecule is O=C(CSc1nc(C(F)(F)F)nc2ccccc12)NCC1CC1. The maximum Gasteiger partial charge on any atom is 0.451 e. The molecule has 0 saturated heterocycles. The van der Waals surface area contributed by atoms with Gasteiger partial charge in [0.15, 0.2) is 0 Å². The summed E-state index contributed by atoms with van der Waals surface area (Å²) < 4.78 is 38.7. The van der Waals surface area contributed by atoms with Crippen molar-refractivity contribution in [3.63, 3.8) is 0 Å². The smallest absolute Gasteiger partial charge is 0.355 e. The quantitative estimate of drug-likeness (QED) is 0.670. The Kier molecular flexibility index (Phi) is 4.43. The van der Waals surface area contributed by atoms with Crippen LogP contribution < -0.4 is 5.32 Å². The molecular formula is C15H14F3N3OS. The summed E-state index contributed by atoms with van der Waals surface area (Å²) in [5.74, 6) is -0.790. The zero-order valence-corrected chi connectivity index (χ0v) is 12.9. The number of nitrogens with zero attached hydrogens (tertiary/aromatic N) is 2. The molecule has 3 rings (SSSR count). The Morgan fingerprint density at radius 2 is 2.00 bits per heavy atom. The molecule has 23 heavy (non-hydrogen) atoms. The van der Waals surface area contributed by atoms with Crippen molar-refractivity contribution >= 4 is 28.6 Å². The van der Waals surface area contributed by atoms with E-state index in [1.54, 1.807) is 18.2 Å². The molecule has 0 unspecified atom stereocenters. The number of hydrogen-bond donors (Lipinski definition) is 1. The first-order valence-corrected chi connectivity index (χ1v) is 8.15. The fourth-order valence-electron chi connectivity index (χ4n) is 2.05. The maximum atomic E-state index is 12.9. The van der Waals surface area contributed by atoms with Gasteiger partial charge in [0.05, 0.1) is 11.3 Å². The number of thioether (sulfide) groups is 1. The number of carbonyl (C=O) groups excluding carboxylic acids is 1. The van der Waals surface area contributed by atoms with Gasteiger partial charge in [0.1, 0.15) is 5.03 Å². The minimum absolute atomic E-state index is 0.0328. The summed E-state index contributed by atoms with van der Waals surface area (Å²) in [7, 11) is 0. The molecule has 1 saturated carbocycles. The summed E-state index contributed by atoms with van der Waals surface area (Å²) in [5, 5.41) is 3.47. The van der Waals surface area contributed by atoms with Gasteiger partial charge in [-0.2, -0.15) is 13.2 Å². The van der Waals surface area contributed by atoms with E-state index in [0.29, 0.717) is 17.8 Å². The van der Waals surface area contributed by atoms with Crippen LogP contribution >= 0.6 is 11.8 Å². The van der Waals surface area contributed by atoms with Crippen LogP contribution in [-0.4, -0.2) is 28.2 Å². The number of halogens is 3. The van der Waals surface area contributed by atoms with Crippen LogP contribution in [0.15, 0.2) is 29.3 Å². The van der Waals surface area contributed by atoms with Gasteiger partial charge in [-0.15, -0.1) is 0 Å². The molecule has 8 heteroatoms. The highest BCUT2D eigenvalue weighted by Gasteiger charge is 2.35. The molecule has 1 fully saturated rings. The Labute approximate surface area is 134 Å². The van der Waals surface area contributed by atoms with E-state index in [2.05, 4.69) is 15.3 Å². The summed E-state index contributed by atoms with van der Waals surface area (Å²) in [4.78, 5) is 18.9. The minimum atomic E-state index is -4.62. The van der Waals surface area contributed by atoms with Gasteiger partial charge in [-0.3, -0.25) is 4.79 Å². The molecule has 1 heterocycles.